The van der Waals surface area contributed by atoms with Gasteiger partial charge in [-0.15, -0.1) is 12.4 Å². The average molecular weight is 360 g/mol. The summed E-state index contributed by atoms with van der Waals surface area (Å²) in [6.07, 6.45) is 1.24. The Morgan fingerprint density at radius 3 is 2.79 bits per heavy atom. The van der Waals surface area contributed by atoms with Gasteiger partial charge >= 0.3 is 5.97 Å². The zero-order valence-electron chi connectivity index (χ0n) is 12.9. The van der Waals surface area contributed by atoms with Crippen molar-refractivity contribution >= 4 is 35.7 Å². The minimum atomic E-state index is -0.941. The van der Waals surface area contributed by atoms with Gasteiger partial charge in [0.15, 0.2) is 0 Å². The molecule has 0 unspecified atom stereocenters. The van der Waals surface area contributed by atoms with Crippen molar-refractivity contribution in [1.29, 1.82) is 0 Å². The van der Waals surface area contributed by atoms with E-state index in [4.69, 9.17) is 9.84 Å². The van der Waals surface area contributed by atoms with Crippen molar-refractivity contribution in [2.45, 2.75) is 18.9 Å². The number of benzene rings is 1. The molecular weight excluding hydrogens is 342 g/mol. The van der Waals surface area contributed by atoms with Gasteiger partial charge < -0.3 is 15.2 Å². The molecule has 0 aliphatic carbocycles. The molecule has 2 rings (SSSR count). The number of halogens is 1. The van der Waals surface area contributed by atoms with Crippen molar-refractivity contribution in [2.75, 3.05) is 25.5 Å². The molecule has 1 aromatic rings. The first-order chi connectivity index (χ1) is 10.9. The zero-order valence-corrected chi connectivity index (χ0v) is 13.7. The van der Waals surface area contributed by atoms with Gasteiger partial charge in [-0.3, -0.25) is 24.6 Å². The summed E-state index contributed by atoms with van der Waals surface area (Å²) in [7, 11) is 1.34. The lowest BCUT2D eigenvalue weighted by molar-refractivity contribution is -0.384. The maximum atomic E-state index is 12.1. The van der Waals surface area contributed by atoms with Gasteiger partial charge in [-0.05, 0) is 25.5 Å². The van der Waals surface area contributed by atoms with Crippen LogP contribution in [0.4, 0.5) is 11.4 Å². The number of nitro benzene ring substituents is 1. The number of likely N-dealkylation sites (tertiary alicyclic amines) is 1. The van der Waals surface area contributed by atoms with E-state index in [1.165, 1.54) is 25.3 Å². The van der Waals surface area contributed by atoms with Crippen LogP contribution in [0.2, 0.25) is 0 Å². The second kappa shape index (κ2) is 8.46. The third kappa shape index (κ3) is 4.56. The third-order valence-electron chi connectivity index (χ3n) is 3.67. The molecule has 0 radical (unpaired) electrons. The number of aliphatic carboxylic acids is 1. The largest absolute Gasteiger partial charge is 0.494 e. The molecule has 10 heteroatoms. The highest BCUT2D eigenvalue weighted by Gasteiger charge is 2.31. The molecule has 1 aliphatic heterocycles. The topological polar surface area (TPSA) is 122 Å². The number of carboxylic acids is 1. The number of amides is 1. The summed E-state index contributed by atoms with van der Waals surface area (Å²) in [5, 5.41) is 22.4. The fourth-order valence-corrected chi connectivity index (χ4v) is 2.57. The van der Waals surface area contributed by atoms with Crippen LogP contribution in [-0.2, 0) is 9.59 Å². The van der Waals surface area contributed by atoms with E-state index < -0.39 is 22.8 Å². The Hall–Kier alpha value is -2.39. The standard InChI is InChI=1S/C14H17N3O6.ClH/c1-23-12-7-9(17(21)22)4-5-10(12)15-13(18)8-16-6-2-3-11(16)14(19)20;/h4-5,7,11H,2-3,6,8H2,1H3,(H,15,18)(H,19,20);1H/t11-;/m0./s1. The first kappa shape index (κ1) is 19.7. The van der Waals surface area contributed by atoms with Gasteiger partial charge in [0, 0.05) is 6.07 Å². The third-order valence-corrected chi connectivity index (χ3v) is 3.67. The molecule has 9 nitrogen and oxygen atoms in total. The molecule has 24 heavy (non-hydrogen) atoms. The van der Waals surface area contributed by atoms with Gasteiger partial charge in [-0.25, -0.2) is 0 Å². The van der Waals surface area contributed by atoms with Crippen molar-refractivity contribution < 1.29 is 24.4 Å². The van der Waals surface area contributed by atoms with E-state index in [0.29, 0.717) is 18.7 Å². The van der Waals surface area contributed by atoms with Gasteiger partial charge in [0.2, 0.25) is 5.91 Å². The lowest BCUT2D eigenvalue weighted by Crippen LogP contribution is -2.40. The Kier molecular flexibility index (Phi) is 6.93. The number of carbonyl (C=O) groups excluding carboxylic acids is 1. The number of anilines is 1. The molecule has 1 aliphatic rings. The van der Waals surface area contributed by atoms with Crippen molar-refractivity contribution in [3.05, 3.63) is 28.3 Å². The second-order valence-electron chi connectivity index (χ2n) is 5.16. The Bertz CT molecular complexity index is 639. The number of carboxylic acid groups (broad SMARTS) is 1. The first-order valence-electron chi connectivity index (χ1n) is 7.01. The number of nitro groups is 1. The predicted molar refractivity (Wildman–Crippen MR) is 87.8 cm³/mol. The molecular formula is C14H18ClN3O6. The molecule has 0 spiro atoms. The number of methoxy groups -OCH3 is 1. The molecule has 1 saturated heterocycles. The van der Waals surface area contributed by atoms with Crippen LogP contribution in [0.25, 0.3) is 0 Å². The number of nitrogens with zero attached hydrogens (tertiary/aromatic N) is 2. The van der Waals surface area contributed by atoms with Crippen molar-refractivity contribution in [2.24, 2.45) is 0 Å². The molecule has 1 fully saturated rings. The summed E-state index contributed by atoms with van der Waals surface area (Å²) in [5.74, 6) is -1.17. The molecule has 0 bridgehead atoms. The van der Waals surface area contributed by atoms with Crippen molar-refractivity contribution in [3.8, 4) is 5.75 Å². The summed E-state index contributed by atoms with van der Waals surface area (Å²) in [5.41, 5.74) is 0.152. The Morgan fingerprint density at radius 1 is 1.50 bits per heavy atom. The smallest absolute Gasteiger partial charge is 0.320 e. The summed E-state index contributed by atoms with van der Waals surface area (Å²) in [4.78, 5) is 35.0. The molecule has 1 amide bonds. The summed E-state index contributed by atoms with van der Waals surface area (Å²) >= 11 is 0. The highest BCUT2D eigenvalue weighted by atomic mass is 35.5. The van der Waals surface area contributed by atoms with Gasteiger partial charge in [0.1, 0.15) is 11.8 Å². The number of non-ortho nitro benzene ring substituents is 1. The number of nitrogens with one attached hydrogen (secondary N) is 1. The van der Waals surface area contributed by atoms with Crippen LogP contribution in [0.5, 0.6) is 5.75 Å². The number of rotatable bonds is 6. The quantitative estimate of drug-likeness (QED) is 0.583. The second-order valence-corrected chi connectivity index (χ2v) is 5.16. The van der Waals surface area contributed by atoms with E-state index >= 15 is 0 Å². The average Bonchev–Trinajstić information content (AvgIpc) is 2.95. The molecule has 1 aromatic carbocycles. The van der Waals surface area contributed by atoms with Crippen LogP contribution < -0.4 is 10.1 Å². The summed E-state index contributed by atoms with van der Waals surface area (Å²) in [6, 6.07) is 3.20. The van der Waals surface area contributed by atoms with Gasteiger partial charge in [0.05, 0.1) is 30.3 Å². The minimum Gasteiger partial charge on any atom is -0.494 e. The van der Waals surface area contributed by atoms with Crippen molar-refractivity contribution in [3.63, 3.8) is 0 Å². The first-order valence-corrected chi connectivity index (χ1v) is 7.01. The normalized spacial score (nSPS) is 17.0. The Morgan fingerprint density at radius 2 is 2.21 bits per heavy atom. The van der Waals surface area contributed by atoms with Crippen LogP contribution in [0.15, 0.2) is 18.2 Å². The highest BCUT2D eigenvalue weighted by Crippen LogP contribution is 2.29. The SMILES string of the molecule is COc1cc([N+](=O)[O-])ccc1NC(=O)CN1CCC[C@H]1C(=O)O.Cl. The van der Waals surface area contributed by atoms with E-state index in [1.807, 2.05) is 0 Å². The van der Waals surface area contributed by atoms with Crippen LogP contribution >= 0.6 is 12.4 Å². The maximum absolute atomic E-state index is 12.1. The van der Waals surface area contributed by atoms with E-state index in [-0.39, 0.29) is 30.4 Å². The number of hydrogen-bond acceptors (Lipinski definition) is 6. The molecule has 1 heterocycles. The lowest BCUT2D eigenvalue weighted by Gasteiger charge is -2.20. The summed E-state index contributed by atoms with van der Waals surface area (Å²) in [6.45, 7) is 0.485. The Balaban J connectivity index is 0.00000288. The fourth-order valence-electron chi connectivity index (χ4n) is 2.57. The lowest BCUT2D eigenvalue weighted by atomic mass is 10.2. The Labute approximate surface area is 144 Å². The maximum Gasteiger partial charge on any atom is 0.320 e. The highest BCUT2D eigenvalue weighted by molar-refractivity contribution is 5.94. The van der Waals surface area contributed by atoms with E-state index in [0.717, 1.165) is 6.42 Å². The monoisotopic (exact) mass is 359 g/mol. The van der Waals surface area contributed by atoms with Gasteiger partial charge in [-0.1, -0.05) is 0 Å². The minimum absolute atomic E-state index is 0. The number of carbonyl (C=O) groups is 2. The van der Waals surface area contributed by atoms with E-state index in [9.17, 15) is 19.7 Å². The molecule has 132 valence electrons. The summed E-state index contributed by atoms with van der Waals surface area (Å²) < 4.78 is 5.04. The van der Waals surface area contributed by atoms with Crippen LogP contribution in [0, 0.1) is 10.1 Å². The van der Waals surface area contributed by atoms with E-state index in [1.54, 1.807) is 4.90 Å². The number of ether oxygens (including phenoxy) is 1. The van der Waals surface area contributed by atoms with Crippen LogP contribution in [0.3, 0.4) is 0 Å². The fraction of sp³-hybridized carbons (Fsp3) is 0.429. The van der Waals surface area contributed by atoms with Crippen LogP contribution in [-0.4, -0.2) is 53.0 Å². The molecule has 0 aromatic heterocycles. The molecule has 1 atom stereocenters. The van der Waals surface area contributed by atoms with E-state index in [2.05, 4.69) is 5.32 Å². The van der Waals surface area contributed by atoms with Crippen molar-refractivity contribution in [1.82, 2.24) is 4.90 Å². The number of hydrogen-bond donors (Lipinski definition) is 2. The zero-order chi connectivity index (χ0) is 17.0. The molecule has 2 N–H and O–H groups in total. The van der Waals surface area contributed by atoms with Gasteiger partial charge in [0.25, 0.3) is 5.69 Å². The van der Waals surface area contributed by atoms with Crippen LogP contribution in [0.1, 0.15) is 12.8 Å². The van der Waals surface area contributed by atoms with Gasteiger partial charge in [-0.2, -0.15) is 0 Å². The molecule has 0 saturated carbocycles. The predicted octanol–water partition coefficient (Wildman–Crippen LogP) is 1.51.